The number of nitrogens with one attached hydrogen (secondary N) is 1. The molecule has 3 aliphatic rings. The zero-order chi connectivity index (χ0) is 20.8. The average molecular weight is 405 g/mol. The third-order valence-electron chi connectivity index (χ3n) is 6.36. The van der Waals surface area contributed by atoms with Crippen LogP contribution in [0.25, 0.3) is 0 Å². The number of carbonyl (C=O) groups excluding carboxylic acids is 3. The minimum atomic E-state index is -0.866. The van der Waals surface area contributed by atoms with Gasteiger partial charge in [-0.3, -0.25) is 19.3 Å². The van der Waals surface area contributed by atoms with E-state index in [4.69, 9.17) is 0 Å². The second-order valence-corrected chi connectivity index (χ2v) is 8.08. The van der Waals surface area contributed by atoms with Crippen LogP contribution in [-0.2, 0) is 14.4 Å². The highest BCUT2D eigenvalue weighted by atomic mass is 19.1. The predicted octanol–water partition coefficient (Wildman–Crippen LogP) is 3.10. The van der Waals surface area contributed by atoms with E-state index in [1.165, 1.54) is 23.1 Å². The number of amides is 3. The van der Waals surface area contributed by atoms with E-state index in [-0.39, 0.29) is 41.9 Å². The summed E-state index contributed by atoms with van der Waals surface area (Å²) < 4.78 is 13.9. The Morgan fingerprint density at radius 1 is 1.10 bits per heavy atom. The largest absolute Gasteiger partial charge is 0.311 e. The van der Waals surface area contributed by atoms with Gasteiger partial charge in [0.25, 0.3) is 0 Å². The van der Waals surface area contributed by atoms with Crippen LogP contribution in [-0.4, -0.2) is 27.6 Å². The molecule has 1 aromatic heterocycles. The minimum Gasteiger partial charge on any atom is -0.311 e. The molecule has 5 rings (SSSR count). The Hall–Kier alpha value is -3.35. The van der Waals surface area contributed by atoms with Gasteiger partial charge in [0.1, 0.15) is 11.6 Å². The molecule has 30 heavy (non-hydrogen) atoms. The molecule has 2 fully saturated rings. The monoisotopic (exact) mass is 405 g/mol. The fourth-order valence-electron chi connectivity index (χ4n) is 5.11. The first-order valence-corrected chi connectivity index (χ1v) is 10.0. The van der Waals surface area contributed by atoms with Crippen LogP contribution in [0.2, 0.25) is 0 Å². The van der Waals surface area contributed by atoms with Crippen molar-refractivity contribution in [3.8, 4) is 0 Å². The first-order valence-electron chi connectivity index (χ1n) is 10.0. The molecule has 5 atom stereocenters. The second kappa shape index (κ2) is 7.16. The highest BCUT2D eigenvalue weighted by Crippen LogP contribution is 2.54. The van der Waals surface area contributed by atoms with Gasteiger partial charge >= 0.3 is 0 Å². The van der Waals surface area contributed by atoms with E-state index in [2.05, 4.69) is 10.3 Å². The Morgan fingerprint density at radius 3 is 2.47 bits per heavy atom. The number of imide groups is 1. The number of pyridine rings is 1. The zero-order valence-electron chi connectivity index (χ0n) is 16.1. The van der Waals surface area contributed by atoms with Crippen molar-refractivity contribution in [3.05, 3.63) is 72.2 Å². The fraction of sp³-hybridized carbons (Fsp3) is 0.304. The topological polar surface area (TPSA) is 79.4 Å². The van der Waals surface area contributed by atoms with Crippen LogP contribution in [0, 0.1) is 29.5 Å². The molecule has 2 heterocycles. The van der Waals surface area contributed by atoms with Crippen molar-refractivity contribution in [1.29, 1.82) is 0 Å². The van der Waals surface area contributed by atoms with Crippen LogP contribution in [0.4, 0.5) is 10.2 Å². The molecule has 1 aromatic carbocycles. The van der Waals surface area contributed by atoms with E-state index < -0.39 is 17.8 Å². The van der Waals surface area contributed by atoms with E-state index in [1.807, 2.05) is 12.2 Å². The van der Waals surface area contributed by atoms with Gasteiger partial charge in [-0.1, -0.05) is 30.4 Å². The van der Waals surface area contributed by atoms with Crippen molar-refractivity contribution in [1.82, 2.24) is 9.88 Å². The quantitative estimate of drug-likeness (QED) is 0.612. The highest BCUT2D eigenvalue weighted by molar-refractivity contribution is 6.07. The van der Waals surface area contributed by atoms with Gasteiger partial charge in [0.2, 0.25) is 17.7 Å². The van der Waals surface area contributed by atoms with Gasteiger partial charge in [0, 0.05) is 6.20 Å². The molecule has 6 nitrogen and oxygen atoms in total. The lowest BCUT2D eigenvalue weighted by Crippen LogP contribution is -2.38. The summed E-state index contributed by atoms with van der Waals surface area (Å²) in [6.45, 7) is 0. The van der Waals surface area contributed by atoms with Gasteiger partial charge in [0.05, 0.1) is 24.3 Å². The maximum atomic E-state index is 13.9. The third-order valence-corrected chi connectivity index (χ3v) is 6.36. The molecule has 2 aromatic rings. The van der Waals surface area contributed by atoms with Gasteiger partial charge in [0.15, 0.2) is 0 Å². The number of carbonyl (C=O) groups is 3. The summed E-state index contributed by atoms with van der Waals surface area (Å²) in [5.41, 5.74) is 0.424. The molecule has 0 spiro atoms. The van der Waals surface area contributed by atoms with Crippen molar-refractivity contribution in [2.24, 2.45) is 23.7 Å². The number of rotatable bonds is 5. The van der Waals surface area contributed by atoms with E-state index in [0.717, 1.165) is 6.42 Å². The molecule has 1 saturated carbocycles. The Kier molecular flexibility index (Phi) is 4.46. The number of anilines is 1. The summed E-state index contributed by atoms with van der Waals surface area (Å²) in [7, 11) is 0. The number of fused-ring (bicyclic) bond motifs is 5. The Balaban J connectivity index is 1.45. The predicted molar refractivity (Wildman–Crippen MR) is 106 cm³/mol. The smallest absolute Gasteiger partial charge is 0.234 e. The van der Waals surface area contributed by atoms with Crippen molar-refractivity contribution < 1.29 is 18.8 Å². The van der Waals surface area contributed by atoms with Crippen molar-refractivity contribution >= 4 is 23.5 Å². The number of benzene rings is 1. The fourth-order valence-corrected chi connectivity index (χ4v) is 5.11. The average Bonchev–Trinajstić information content (AvgIpc) is 3.41. The minimum absolute atomic E-state index is 0.0666. The van der Waals surface area contributed by atoms with Crippen LogP contribution in [0.1, 0.15) is 24.4 Å². The summed E-state index contributed by atoms with van der Waals surface area (Å²) >= 11 is 0. The van der Waals surface area contributed by atoms with Crippen LogP contribution >= 0.6 is 0 Å². The molecule has 2 aliphatic carbocycles. The number of likely N-dealkylation sites (tertiary alicyclic amines) is 1. The second-order valence-electron chi connectivity index (χ2n) is 8.08. The lowest BCUT2D eigenvalue weighted by Gasteiger charge is -2.28. The maximum absolute atomic E-state index is 13.9. The Labute approximate surface area is 172 Å². The van der Waals surface area contributed by atoms with Crippen LogP contribution in [0.5, 0.6) is 0 Å². The molecule has 0 radical (unpaired) electrons. The lowest BCUT2D eigenvalue weighted by atomic mass is 9.85. The van der Waals surface area contributed by atoms with Crippen molar-refractivity contribution in [2.45, 2.75) is 18.9 Å². The Bertz CT molecular complexity index is 1020. The van der Waals surface area contributed by atoms with E-state index >= 15 is 0 Å². The standard InChI is InChI=1S/C23H20FN3O3/c24-16-5-3-4-13(11-16)17(12-19(28)26-18-6-1-2-9-25-18)27-22(29)20-14-7-8-15(10-14)21(20)23(27)30/h1-9,11,14-15,17,20-21H,10,12H2,(H,25,26,28). The summed E-state index contributed by atoms with van der Waals surface area (Å²) in [6.07, 6.45) is 6.25. The van der Waals surface area contributed by atoms with E-state index in [0.29, 0.717) is 11.4 Å². The lowest BCUT2D eigenvalue weighted by molar-refractivity contribution is -0.144. The molecular weight excluding hydrogens is 385 g/mol. The van der Waals surface area contributed by atoms with Crippen molar-refractivity contribution in [2.75, 3.05) is 5.32 Å². The highest BCUT2D eigenvalue weighted by Gasteiger charge is 2.60. The van der Waals surface area contributed by atoms with Gasteiger partial charge in [-0.25, -0.2) is 9.37 Å². The SMILES string of the molecule is O=C(CC(c1cccc(F)c1)N1C(=O)C2C3C=CC(C3)C2C1=O)Nc1ccccn1. The van der Waals surface area contributed by atoms with Crippen molar-refractivity contribution in [3.63, 3.8) is 0 Å². The summed E-state index contributed by atoms with van der Waals surface area (Å²) in [6, 6.07) is 9.98. The van der Waals surface area contributed by atoms with Gasteiger partial charge in [-0.2, -0.15) is 0 Å². The summed E-state index contributed by atoms with van der Waals surface area (Å²) in [4.78, 5) is 44.5. The zero-order valence-corrected chi connectivity index (χ0v) is 16.1. The van der Waals surface area contributed by atoms with E-state index in [9.17, 15) is 18.8 Å². The maximum Gasteiger partial charge on any atom is 0.234 e. The molecular formula is C23H20FN3O3. The number of nitrogens with zero attached hydrogens (tertiary/aromatic N) is 2. The normalized spacial score (nSPS) is 27.4. The van der Waals surface area contributed by atoms with Gasteiger partial charge in [-0.15, -0.1) is 0 Å². The number of halogens is 1. The number of allylic oxidation sites excluding steroid dienone is 2. The van der Waals surface area contributed by atoms with Gasteiger partial charge < -0.3 is 5.32 Å². The van der Waals surface area contributed by atoms with E-state index in [1.54, 1.807) is 30.5 Å². The third kappa shape index (κ3) is 3.01. The summed E-state index contributed by atoms with van der Waals surface area (Å²) in [5.74, 6) is -1.65. The number of hydrogen-bond acceptors (Lipinski definition) is 4. The molecule has 1 saturated heterocycles. The molecule has 7 heteroatoms. The number of hydrogen-bond donors (Lipinski definition) is 1. The van der Waals surface area contributed by atoms with Crippen LogP contribution in [0.3, 0.4) is 0 Å². The molecule has 5 unspecified atom stereocenters. The first-order chi connectivity index (χ1) is 14.5. The molecule has 152 valence electrons. The molecule has 1 N–H and O–H groups in total. The van der Waals surface area contributed by atoms with Gasteiger partial charge in [-0.05, 0) is 48.1 Å². The van der Waals surface area contributed by atoms with Crippen LogP contribution in [0.15, 0.2) is 60.8 Å². The molecule has 2 bridgehead atoms. The molecule has 1 aliphatic heterocycles. The molecule has 3 amide bonds. The Morgan fingerprint density at radius 2 is 1.83 bits per heavy atom. The van der Waals surface area contributed by atoms with Crippen LogP contribution < -0.4 is 5.32 Å². The summed E-state index contributed by atoms with van der Waals surface area (Å²) in [5, 5.41) is 2.68. The first kappa shape index (κ1) is 18.7. The number of aromatic nitrogens is 1.